The molecular formula is C18H22Cl2N4O2. The molecule has 1 aromatic heterocycles. The predicted octanol–water partition coefficient (Wildman–Crippen LogP) is 4.68. The van der Waals surface area contributed by atoms with Crippen molar-refractivity contribution in [3.63, 3.8) is 0 Å². The van der Waals surface area contributed by atoms with Gasteiger partial charge in [0.05, 0.1) is 28.6 Å². The molecule has 2 aromatic rings. The monoisotopic (exact) mass is 396 g/mol. The third kappa shape index (κ3) is 5.75. The van der Waals surface area contributed by atoms with Crippen LogP contribution in [0.15, 0.2) is 28.1 Å². The number of H-pyrrole nitrogens is 1. The fourth-order valence-electron chi connectivity index (χ4n) is 2.04. The van der Waals surface area contributed by atoms with E-state index in [0.29, 0.717) is 39.6 Å². The van der Waals surface area contributed by atoms with Crippen LogP contribution < -0.4 is 15.7 Å². The van der Waals surface area contributed by atoms with Crippen molar-refractivity contribution in [3.8, 4) is 5.75 Å². The molecule has 2 N–H and O–H groups in total. The Hall–Kier alpha value is -2.05. The molecule has 1 heterocycles. The van der Waals surface area contributed by atoms with Gasteiger partial charge in [0.25, 0.3) is 5.56 Å². The van der Waals surface area contributed by atoms with Crippen molar-refractivity contribution in [1.29, 1.82) is 0 Å². The van der Waals surface area contributed by atoms with Crippen molar-refractivity contribution >= 4 is 35.4 Å². The molecule has 0 amide bonds. The van der Waals surface area contributed by atoms with Crippen LogP contribution in [-0.4, -0.2) is 22.8 Å². The molecule has 0 saturated carbocycles. The van der Waals surface area contributed by atoms with Gasteiger partial charge >= 0.3 is 0 Å². The van der Waals surface area contributed by atoms with Crippen LogP contribution in [0.4, 0.5) is 5.95 Å². The van der Waals surface area contributed by atoms with Crippen molar-refractivity contribution in [2.24, 2.45) is 11.0 Å². The highest BCUT2D eigenvalue weighted by Gasteiger charge is 2.10. The summed E-state index contributed by atoms with van der Waals surface area (Å²) < 4.78 is 5.63. The summed E-state index contributed by atoms with van der Waals surface area (Å²) >= 11 is 12.5. The Kier molecular flexibility index (Phi) is 7.06. The topological polar surface area (TPSA) is 79.4 Å². The number of aromatic nitrogens is 2. The van der Waals surface area contributed by atoms with Crippen LogP contribution in [0.1, 0.15) is 44.9 Å². The second kappa shape index (κ2) is 9.05. The minimum atomic E-state index is -0.237. The molecule has 0 unspecified atom stereocenters. The fourth-order valence-corrected chi connectivity index (χ4v) is 2.65. The maximum absolute atomic E-state index is 11.6. The predicted molar refractivity (Wildman–Crippen MR) is 107 cm³/mol. The van der Waals surface area contributed by atoms with Crippen LogP contribution in [0.2, 0.25) is 10.0 Å². The minimum absolute atomic E-state index is 0.137. The lowest BCUT2D eigenvalue weighted by Crippen LogP contribution is -2.12. The molecule has 6 nitrogen and oxygen atoms in total. The number of hydrogen-bond acceptors (Lipinski definition) is 5. The number of rotatable bonds is 7. The van der Waals surface area contributed by atoms with Gasteiger partial charge in [-0.3, -0.25) is 9.78 Å². The van der Waals surface area contributed by atoms with Crippen LogP contribution in [-0.2, 0) is 0 Å². The highest BCUT2D eigenvalue weighted by Crippen LogP contribution is 2.34. The molecule has 0 aliphatic heterocycles. The summed E-state index contributed by atoms with van der Waals surface area (Å²) in [7, 11) is 0. The van der Waals surface area contributed by atoms with Gasteiger partial charge in [0, 0.05) is 6.07 Å². The van der Waals surface area contributed by atoms with Crippen molar-refractivity contribution in [2.75, 3.05) is 12.0 Å². The molecule has 0 saturated heterocycles. The molecule has 26 heavy (non-hydrogen) atoms. The maximum Gasteiger partial charge on any atom is 0.252 e. The third-order valence-corrected chi connectivity index (χ3v) is 3.88. The van der Waals surface area contributed by atoms with Crippen molar-refractivity contribution in [1.82, 2.24) is 9.97 Å². The average Bonchev–Trinajstić information content (AvgIpc) is 2.53. The van der Waals surface area contributed by atoms with Gasteiger partial charge in [-0.1, -0.05) is 50.9 Å². The molecule has 0 aliphatic rings. The quantitative estimate of drug-likeness (QED) is 0.525. The van der Waals surface area contributed by atoms with Crippen LogP contribution in [0.5, 0.6) is 5.75 Å². The van der Waals surface area contributed by atoms with E-state index in [-0.39, 0.29) is 17.4 Å². The van der Waals surface area contributed by atoms with Gasteiger partial charge in [0.15, 0.2) is 5.75 Å². The van der Waals surface area contributed by atoms with Gasteiger partial charge in [-0.15, -0.1) is 0 Å². The second-order valence-electron chi connectivity index (χ2n) is 6.56. The highest BCUT2D eigenvalue weighted by atomic mass is 35.5. The second-order valence-corrected chi connectivity index (χ2v) is 7.38. The van der Waals surface area contributed by atoms with Crippen LogP contribution in [0.3, 0.4) is 0 Å². The molecule has 0 atom stereocenters. The number of aromatic amines is 1. The lowest BCUT2D eigenvalue weighted by Gasteiger charge is -2.12. The fraction of sp³-hybridized carbons (Fsp3) is 0.389. The van der Waals surface area contributed by atoms with Crippen LogP contribution >= 0.6 is 23.2 Å². The first-order valence-electron chi connectivity index (χ1n) is 8.28. The zero-order valence-corrected chi connectivity index (χ0v) is 16.6. The van der Waals surface area contributed by atoms with E-state index < -0.39 is 0 Å². The Bertz CT molecular complexity index is 824. The van der Waals surface area contributed by atoms with Gasteiger partial charge in [-0.25, -0.2) is 10.4 Å². The van der Waals surface area contributed by atoms with Gasteiger partial charge < -0.3 is 4.74 Å². The number of benzene rings is 1. The third-order valence-electron chi connectivity index (χ3n) is 3.32. The summed E-state index contributed by atoms with van der Waals surface area (Å²) in [6.45, 7) is 8.53. The van der Waals surface area contributed by atoms with E-state index in [9.17, 15) is 4.79 Å². The number of hydrazone groups is 1. The van der Waals surface area contributed by atoms with E-state index in [4.69, 9.17) is 27.9 Å². The summed E-state index contributed by atoms with van der Waals surface area (Å²) in [6.07, 6.45) is 1.53. The van der Waals surface area contributed by atoms with Gasteiger partial charge in [-0.2, -0.15) is 5.10 Å². The molecule has 1 aromatic carbocycles. The lowest BCUT2D eigenvalue weighted by atomic mass is 10.1. The first-order valence-corrected chi connectivity index (χ1v) is 9.04. The summed E-state index contributed by atoms with van der Waals surface area (Å²) in [5.41, 5.74) is 3.84. The summed E-state index contributed by atoms with van der Waals surface area (Å²) in [5, 5.41) is 4.89. The number of ether oxygens (including phenoxy) is 1. The van der Waals surface area contributed by atoms with E-state index in [2.05, 4.69) is 20.5 Å². The minimum Gasteiger partial charge on any atom is -0.490 e. The van der Waals surface area contributed by atoms with Crippen molar-refractivity contribution in [2.45, 2.75) is 33.6 Å². The molecular weight excluding hydrogens is 375 g/mol. The molecule has 0 bridgehead atoms. The van der Waals surface area contributed by atoms with E-state index in [1.807, 2.05) is 27.7 Å². The maximum atomic E-state index is 11.6. The molecule has 0 radical (unpaired) electrons. The lowest BCUT2D eigenvalue weighted by molar-refractivity contribution is 0.271. The number of anilines is 1. The molecule has 0 spiro atoms. The highest BCUT2D eigenvalue weighted by molar-refractivity contribution is 6.37. The zero-order valence-electron chi connectivity index (χ0n) is 15.1. The standard InChI is InChI=1S/C18H22Cl2N4O2/c1-10(2)9-26-17-13(19)5-12(6-14(17)20)8-21-24-18-22-15(11(3)4)7-16(25)23-18/h5-8,10-11H,9H2,1-4H3,(H2,22,23,24,25)/b21-8-. The normalized spacial score (nSPS) is 11.5. The van der Waals surface area contributed by atoms with Gasteiger partial charge in [-0.05, 0) is 29.5 Å². The molecule has 2 rings (SSSR count). The van der Waals surface area contributed by atoms with Crippen LogP contribution in [0, 0.1) is 5.92 Å². The molecule has 140 valence electrons. The van der Waals surface area contributed by atoms with Crippen molar-refractivity contribution in [3.05, 3.63) is 49.9 Å². The summed E-state index contributed by atoms with van der Waals surface area (Å²) in [6, 6.07) is 4.87. The molecule has 0 aliphatic carbocycles. The van der Waals surface area contributed by atoms with Gasteiger partial charge in [0.1, 0.15) is 0 Å². The summed E-state index contributed by atoms with van der Waals surface area (Å²) in [4.78, 5) is 18.5. The first kappa shape index (κ1) is 20.3. The smallest absolute Gasteiger partial charge is 0.252 e. The van der Waals surface area contributed by atoms with E-state index >= 15 is 0 Å². The van der Waals surface area contributed by atoms with Gasteiger partial charge in [0.2, 0.25) is 5.95 Å². The largest absolute Gasteiger partial charge is 0.490 e. The van der Waals surface area contributed by atoms with E-state index in [0.717, 1.165) is 0 Å². The Balaban J connectivity index is 2.12. The van der Waals surface area contributed by atoms with Crippen molar-refractivity contribution < 1.29 is 4.74 Å². The number of hydrogen-bond donors (Lipinski definition) is 2. The SMILES string of the molecule is CC(C)COc1c(Cl)cc(/C=N\Nc2nc(C(C)C)cc(=O)[nH]2)cc1Cl. The summed E-state index contributed by atoms with van der Waals surface area (Å²) in [5.74, 6) is 1.23. The number of nitrogens with one attached hydrogen (secondary N) is 2. The molecule has 8 heteroatoms. The molecule has 0 fully saturated rings. The average molecular weight is 397 g/mol. The Morgan fingerprint density at radius 3 is 2.46 bits per heavy atom. The Morgan fingerprint density at radius 1 is 1.23 bits per heavy atom. The Labute approximate surface area is 162 Å². The van der Waals surface area contributed by atoms with Crippen LogP contribution in [0.25, 0.3) is 0 Å². The number of nitrogens with zero attached hydrogens (tertiary/aromatic N) is 2. The first-order chi connectivity index (χ1) is 12.3. The Morgan fingerprint density at radius 2 is 1.88 bits per heavy atom. The van der Waals surface area contributed by atoms with E-state index in [1.54, 1.807) is 12.1 Å². The number of halogens is 2. The van der Waals surface area contributed by atoms with E-state index in [1.165, 1.54) is 12.3 Å². The zero-order chi connectivity index (χ0) is 19.3.